The topological polar surface area (TPSA) is 74.2 Å². The molecule has 0 aliphatic carbocycles. The molecule has 106 valence electrons. The van der Waals surface area contributed by atoms with Crippen molar-refractivity contribution in [3.8, 4) is 6.07 Å². The van der Waals surface area contributed by atoms with Crippen LogP contribution < -0.4 is 10.6 Å². The van der Waals surface area contributed by atoms with Crippen LogP contribution in [0, 0.1) is 11.3 Å². The van der Waals surface area contributed by atoms with Crippen molar-refractivity contribution in [2.75, 3.05) is 25.0 Å². The van der Waals surface area contributed by atoms with Crippen LogP contribution in [0.2, 0.25) is 0 Å². The van der Waals surface area contributed by atoms with Gasteiger partial charge in [0.25, 0.3) is 0 Å². The molecule has 1 aromatic carbocycles. The third-order valence-corrected chi connectivity index (χ3v) is 3.27. The molecular weight excluding hydrogens is 254 g/mol. The number of amides is 1. The van der Waals surface area contributed by atoms with Crippen molar-refractivity contribution in [1.29, 1.82) is 5.26 Å². The van der Waals surface area contributed by atoms with Gasteiger partial charge in [-0.1, -0.05) is 12.1 Å². The molecule has 5 heteroatoms. The summed E-state index contributed by atoms with van der Waals surface area (Å²) in [4.78, 5) is 11.7. The number of nitrogens with zero attached hydrogens (tertiary/aromatic N) is 1. The Morgan fingerprint density at radius 2 is 2.30 bits per heavy atom. The number of benzene rings is 1. The number of nitrogens with one attached hydrogen (secondary N) is 2. The lowest BCUT2D eigenvalue weighted by atomic mass is 10.2. The molecule has 1 aliphatic heterocycles. The molecule has 0 bridgehead atoms. The highest BCUT2D eigenvalue weighted by atomic mass is 16.5. The van der Waals surface area contributed by atoms with Crippen LogP contribution in [0.1, 0.15) is 24.8 Å². The number of hydrogen-bond donors (Lipinski definition) is 2. The SMILES string of the molecule is N#Cc1ccccc1NCCC(=O)NCC1CCCO1. The van der Waals surface area contributed by atoms with Gasteiger partial charge >= 0.3 is 0 Å². The summed E-state index contributed by atoms with van der Waals surface area (Å²) >= 11 is 0. The van der Waals surface area contributed by atoms with Crippen molar-refractivity contribution in [3.05, 3.63) is 29.8 Å². The normalized spacial score (nSPS) is 17.4. The van der Waals surface area contributed by atoms with Crippen molar-refractivity contribution in [2.24, 2.45) is 0 Å². The Morgan fingerprint density at radius 1 is 1.45 bits per heavy atom. The summed E-state index contributed by atoms with van der Waals surface area (Å²) < 4.78 is 5.44. The highest BCUT2D eigenvalue weighted by molar-refractivity contribution is 5.76. The van der Waals surface area contributed by atoms with Gasteiger partial charge in [-0.15, -0.1) is 0 Å². The van der Waals surface area contributed by atoms with E-state index in [9.17, 15) is 4.79 Å². The molecule has 20 heavy (non-hydrogen) atoms. The summed E-state index contributed by atoms with van der Waals surface area (Å²) in [7, 11) is 0. The third-order valence-electron chi connectivity index (χ3n) is 3.27. The lowest BCUT2D eigenvalue weighted by Crippen LogP contribution is -2.32. The number of hydrogen-bond acceptors (Lipinski definition) is 4. The Labute approximate surface area is 118 Å². The zero-order chi connectivity index (χ0) is 14.2. The van der Waals surface area contributed by atoms with Crippen LogP contribution in [0.25, 0.3) is 0 Å². The summed E-state index contributed by atoms with van der Waals surface area (Å²) in [6, 6.07) is 9.38. The van der Waals surface area contributed by atoms with Gasteiger partial charge in [-0.05, 0) is 25.0 Å². The second kappa shape index (κ2) is 7.51. The quantitative estimate of drug-likeness (QED) is 0.826. The van der Waals surface area contributed by atoms with E-state index in [2.05, 4.69) is 16.7 Å². The van der Waals surface area contributed by atoms with Crippen molar-refractivity contribution in [1.82, 2.24) is 5.32 Å². The standard InChI is InChI=1S/C15H19N3O2/c16-10-12-4-1-2-6-14(12)17-8-7-15(19)18-11-13-5-3-9-20-13/h1-2,4,6,13,17H,3,5,7-9,11H2,(H,18,19). The number of rotatable bonds is 6. The first kappa shape index (κ1) is 14.4. The molecule has 5 nitrogen and oxygen atoms in total. The number of carbonyl (C=O) groups is 1. The van der Waals surface area contributed by atoms with Gasteiger partial charge < -0.3 is 15.4 Å². The number of nitriles is 1. The Kier molecular flexibility index (Phi) is 5.39. The molecule has 1 unspecified atom stereocenters. The van der Waals surface area contributed by atoms with E-state index in [4.69, 9.17) is 10.00 Å². The molecule has 2 N–H and O–H groups in total. The molecule has 2 rings (SSSR count). The number of para-hydroxylation sites is 1. The van der Waals surface area contributed by atoms with Crippen LogP contribution in [0.5, 0.6) is 0 Å². The second-order valence-electron chi connectivity index (χ2n) is 4.77. The van der Waals surface area contributed by atoms with E-state index in [0.717, 1.165) is 25.1 Å². The van der Waals surface area contributed by atoms with E-state index in [1.807, 2.05) is 18.2 Å². The van der Waals surface area contributed by atoms with Gasteiger partial charge in [0, 0.05) is 26.1 Å². The Bertz CT molecular complexity index is 490. The lowest BCUT2D eigenvalue weighted by Gasteiger charge is -2.11. The predicted molar refractivity (Wildman–Crippen MR) is 76.2 cm³/mol. The summed E-state index contributed by atoms with van der Waals surface area (Å²) in [6.45, 7) is 1.90. The predicted octanol–water partition coefficient (Wildman–Crippen LogP) is 1.66. The molecule has 1 amide bonds. The molecule has 1 atom stereocenters. The van der Waals surface area contributed by atoms with Gasteiger partial charge in [0.15, 0.2) is 0 Å². The maximum atomic E-state index is 11.7. The van der Waals surface area contributed by atoms with E-state index in [0.29, 0.717) is 25.1 Å². The maximum Gasteiger partial charge on any atom is 0.221 e. The third kappa shape index (κ3) is 4.25. The van der Waals surface area contributed by atoms with Gasteiger partial charge in [-0.2, -0.15) is 5.26 Å². The zero-order valence-corrected chi connectivity index (χ0v) is 11.4. The summed E-state index contributed by atoms with van der Waals surface area (Å²) in [5.41, 5.74) is 1.36. The van der Waals surface area contributed by atoms with E-state index in [1.165, 1.54) is 0 Å². The van der Waals surface area contributed by atoms with Gasteiger partial charge in [-0.25, -0.2) is 0 Å². The first-order valence-electron chi connectivity index (χ1n) is 6.91. The van der Waals surface area contributed by atoms with Gasteiger partial charge in [0.1, 0.15) is 6.07 Å². The minimum absolute atomic E-state index is 0.00226. The minimum atomic E-state index is 0.00226. The van der Waals surface area contributed by atoms with Gasteiger partial charge in [-0.3, -0.25) is 4.79 Å². The van der Waals surface area contributed by atoms with Crippen LogP contribution in [0.3, 0.4) is 0 Å². The van der Waals surface area contributed by atoms with E-state index in [-0.39, 0.29) is 12.0 Å². The smallest absolute Gasteiger partial charge is 0.221 e. The summed E-state index contributed by atoms with van der Waals surface area (Å²) in [5, 5.41) is 14.9. The molecule has 0 aromatic heterocycles. The largest absolute Gasteiger partial charge is 0.383 e. The van der Waals surface area contributed by atoms with Crippen molar-refractivity contribution in [3.63, 3.8) is 0 Å². The Hall–Kier alpha value is -2.06. The van der Waals surface area contributed by atoms with Gasteiger partial charge in [0.2, 0.25) is 5.91 Å². The molecule has 1 aliphatic rings. The fourth-order valence-electron chi connectivity index (χ4n) is 2.17. The highest BCUT2D eigenvalue weighted by Crippen LogP contribution is 2.13. The van der Waals surface area contributed by atoms with Crippen LogP contribution in [0.15, 0.2) is 24.3 Å². The maximum absolute atomic E-state index is 11.7. The number of carbonyl (C=O) groups excluding carboxylic acids is 1. The average molecular weight is 273 g/mol. The van der Waals surface area contributed by atoms with E-state index in [1.54, 1.807) is 6.07 Å². The fourth-order valence-corrected chi connectivity index (χ4v) is 2.17. The zero-order valence-electron chi connectivity index (χ0n) is 11.4. The van der Waals surface area contributed by atoms with Crippen molar-refractivity contribution < 1.29 is 9.53 Å². The molecule has 1 saturated heterocycles. The molecule has 0 saturated carbocycles. The van der Waals surface area contributed by atoms with E-state index < -0.39 is 0 Å². The molecule has 1 aromatic rings. The Morgan fingerprint density at radius 3 is 3.05 bits per heavy atom. The first-order chi connectivity index (χ1) is 9.79. The van der Waals surface area contributed by atoms with Crippen LogP contribution in [0.4, 0.5) is 5.69 Å². The number of ether oxygens (including phenoxy) is 1. The van der Waals surface area contributed by atoms with Crippen molar-refractivity contribution in [2.45, 2.75) is 25.4 Å². The van der Waals surface area contributed by atoms with E-state index >= 15 is 0 Å². The Balaban J connectivity index is 1.67. The highest BCUT2D eigenvalue weighted by Gasteiger charge is 2.15. The molecule has 0 spiro atoms. The van der Waals surface area contributed by atoms with Crippen molar-refractivity contribution >= 4 is 11.6 Å². The average Bonchev–Trinajstić information content (AvgIpc) is 2.99. The second-order valence-corrected chi connectivity index (χ2v) is 4.77. The fraction of sp³-hybridized carbons (Fsp3) is 0.467. The molecule has 0 radical (unpaired) electrons. The summed E-state index contributed by atoms with van der Waals surface area (Å²) in [6.07, 6.45) is 2.65. The van der Waals surface area contributed by atoms with Crippen LogP contribution >= 0.6 is 0 Å². The molecule has 1 heterocycles. The summed E-state index contributed by atoms with van der Waals surface area (Å²) in [5.74, 6) is 0.00226. The minimum Gasteiger partial charge on any atom is -0.383 e. The van der Waals surface area contributed by atoms with Gasteiger partial charge in [0.05, 0.1) is 17.4 Å². The first-order valence-corrected chi connectivity index (χ1v) is 6.91. The van der Waals surface area contributed by atoms with Crippen LogP contribution in [-0.2, 0) is 9.53 Å². The number of anilines is 1. The molecule has 1 fully saturated rings. The lowest BCUT2D eigenvalue weighted by molar-refractivity contribution is -0.121. The molecular formula is C15H19N3O2. The monoisotopic (exact) mass is 273 g/mol. The van der Waals surface area contributed by atoms with Crippen LogP contribution in [-0.4, -0.2) is 31.7 Å².